The van der Waals surface area contributed by atoms with Crippen LogP contribution in [-0.2, 0) is 0 Å². The number of aliphatic hydroxyl groups is 1. The topological polar surface area (TPSA) is 36.4 Å². The molecule has 1 N–H and O–H groups in total. The third-order valence-corrected chi connectivity index (χ3v) is 5.44. The first kappa shape index (κ1) is 13.9. The van der Waals surface area contributed by atoms with Gasteiger partial charge in [-0.1, -0.05) is 24.3 Å². The molecule has 1 aromatic carbocycles. The molecule has 4 heterocycles. The highest BCUT2D eigenvalue weighted by Gasteiger charge is 2.42. The van der Waals surface area contributed by atoms with Gasteiger partial charge < -0.3 is 5.11 Å². The van der Waals surface area contributed by atoms with Crippen LogP contribution in [0.5, 0.6) is 0 Å². The number of rotatable bonds is 3. The van der Waals surface area contributed by atoms with Crippen molar-refractivity contribution in [2.24, 2.45) is 5.92 Å². The second-order valence-electron chi connectivity index (χ2n) is 6.60. The van der Waals surface area contributed by atoms with Gasteiger partial charge in [0.2, 0.25) is 0 Å². The molecule has 114 valence electrons. The van der Waals surface area contributed by atoms with Crippen LogP contribution in [0.25, 0.3) is 10.9 Å². The summed E-state index contributed by atoms with van der Waals surface area (Å²) >= 11 is 0. The molecule has 0 aliphatic carbocycles. The summed E-state index contributed by atoms with van der Waals surface area (Å²) < 4.78 is 0. The fourth-order valence-corrected chi connectivity index (χ4v) is 4.32. The Kier molecular flexibility index (Phi) is 3.47. The first-order valence-corrected chi connectivity index (χ1v) is 8.18. The van der Waals surface area contributed by atoms with Crippen molar-refractivity contribution in [3.05, 3.63) is 54.7 Å². The average molecular weight is 294 g/mol. The van der Waals surface area contributed by atoms with Gasteiger partial charge in [-0.25, -0.2) is 0 Å². The second-order valence-corrected chi connectivity index (χ2v) is 6.60. The average Bonchev–Trinajstić information content (AvgIpc) is 2.60. The summed E-state index contributed by atoms with van der Waals surface area (Å²) in [6.07, 6.45) is 6.94. The van der Waals surface area contributed by atoms with Crippen LogP contribution >= 0.6 is 0 Å². The van der Waals surface area contributed by atoms with E-state index < -0.39 is 6.10 Å². The minimum Gasteiger partial charge on any atom is -0.387 e. The minimum atomic E-state index is -0.460. The second kappa shape index (κ2) is 5.49. The summed E-state index contributed by atoms with van der Waals surface area (Å²) in [7, 11) is 0. The number of aromatic nitrogens is 1. The molecule has 0 radical (unpaired) electrons. The van der Waals surface area contributed by atoms with Gasteiger partial charge in [0.25, 0.3) is 0 Å². The van der Waals surface area contributed by atoms with E-state index >= 15 is 0 Å². The lowest BCUT2D eigenvalue weighted by molar-refractivity contribution is -0.0473. The predicted molar refractivity (Wildman–Crippen MR) is 88.5 cm³/mol. The first-order chi connectivity index (χ1) is 10.8. The largest absolute Gasteiger partial charge is 0.387 e. The van der Waals surface area contributed by atoms with Crippen molar-refractivity contribution in [3.8, 4) is 0 Å². The highest BCUT2D eigenvalue weighted by atomic mass is 16.3. The van der Waals surface area contributed by atoms with E-state index in [1.807, 2.05) is 30.5 Å². The Morgan fingerprint density at radius 3 is 2.95 bits per heavy atom. The van der Waals surface area contributed by atoms with Crippen molar-refractivity contribution in [1.82, 2.24) is 9.88 Å². The SMILES string of the molecule is C=CC1C[C@H]2CCN1C([C@H](O)c1ccnc3ccccc13)C2. The van der Waals surface area contributed by atoms with Gasteiger partial charge in [-0.05, 0) is 49.4 Å². The Bertz CT molecular complexity index is 693. The van der Waals surface area contributed by atoms with Gasteiger partial charge in [-0.15, -0.1) is 6.58 Å². The van der Waals surface area contributed by atoms with E-state index in [1.165, 1.54) is 12.8 Å². The number of fused-ring (bicyclic) bond motifs is 4. The number of nitrogens with zero attached hydrogens (tertiary/aromatic N) is 2. The molecule has 1 aromatic heterocycles. The van der Waals surface area contributed by atoms with Crippen LogP contribution in [0.4, 0.5) is 0 Å². The minimum absolute atomic E-state index is 0.196. The number of piperidine rings is 3. The van der Waals surface area contributed by atoms with Crippen molar-refractivity contribution in [2.45, 2.75) is 37.5 Å². The lowest BCUT2D eigenvalue weighted by Crippen LogP contribution is -2.55. The van der Waals surface area contributed by atoms with E-state index in [4.69, 9.17) is 0 Å². The summed E-state index contributed by atoms with van der Waals surface area (Å²) in [6, 6.07) is 10.7. The molecule has 0 amide bonds. The zero-order chi connectivity index (χ0) is 15.1. The molecule has 3 unspecified atom stereocenters. The van der Waals surface area contributed by atoms with E-state index in [-0.39, 0.29) is 6.04 Å². The molecule has 2 bridgehead atoms. The van der Waals surface area contributed by atoms with Crippen molar-refractivity contribution in [3.63, 3.8) is 0 Å². The monoisotopic (exact) mass is 294 g/mol. The Morgan fingerprint density at radius 1 is 1.27 bits per heavy atom. The summed E-state index contributed by atoms with van der Waals surface area (Å²) in [5.41, 5.74) is 1.96. The smallest absolute Gasteiger partial charge is 0.0952 e. The molecule has 0 spiro atoms. The highest BCUT2D eigenvalue weighted by molar-refractivity contribution is 5.82. The zero-order valence-electron chi connectivity index (χ0n) is 12.7. The summed E-state index contributed by atoms with van der Waals surface area (Å²) in [5.74, 6) is 0.723. The molecule has 5 atom stereocenters. The molecular weight excluding hydrogens is 272 g/mol. The van der Waals surface area contributed by atoms with Crippen LogP contribution in [0.3, 0.4) is 0 Å². The molecule has 3 nitrogen and oxygen atoms in total. The third kappa shape index (κ3) is 2.16. The number of aliphatic hydroxyl groups excluding tert-OH is 1. The molecule has 2 aromatic rings. The summed E-state index contributed by atoms with van der Waals surface area (Å²) in [6.45, 7) is 5.06. The zero-order valence-corrected chi connectivity index (χ0v) is 12.7. The van der Waals surface area contributed by atoms with Crippen LogP contribution in [0.15, 0.2) is 49.2 Å². The van der Waals surface area contributed by atoms with Crippen molar-refractivity contribution in [1.29, 1.82) is 0 Å². The maximum absolute atomic E-state index is 11.1. The molecule has 5 rings (SSSR count). The fraction of sp³-hybridized carbons (Fsp3) is 0.421. The van der Waals surface area contributed by atoms with Gasteiger partial charge in [0.05, 0.1) is 11.6 Å². The molecule has 3 fully saturated rings. The Hall–Kier alpha value is -1.71. The fourth-order valence-electron chi connectivity index (χ4n) is 4.32. The van der Waals surface area contributed by atoms with Crippen LogP contribution in [-0.4, -0.2) is 33.6 Å². The maximum atomic E-state index is 11.1. The van der Waals surface area contributed by atoms with E-state index in [1.54, 1.807) is 0 Å². The van der Waals surface area contributed by atoms with E-state index in [2.05, 4.69) is 28.6 Å². The number of para-hydroxylation sites is 1. The number of hydrogen-bond acceptors (Lipinski definition) is 3. The summed E-state index contributed by atoms with van der Waals surface area (Å²) in [5, 5.41) is 12.1. The molecule has 22 heavy (non-hydrogen) atoms. The van der Waals surface area contributed by atoms with Gasteiger partial charge in [-0.3, -0.25) is 9.88 Å². The quantitative estimate of drug-likeness (QED) is 0.882. The highest BCUT2D eigenvalue weighted by Crippen LogP contribution is 2.42. The molecular formula is C19H22N2O. The van der Waals surface area contributed by atoms with Crippen molar-refractivity contribution in [2.75, 3.05) is 6.54 Å². The van der Waals surface area contributed by atoms with Crippen LogP contribution in [0.2, 0.25) is 0 Å². The Morgan fingerprint density at radius 2 is 2.14 bits per heavy atom. The molecule has 3 saturated heterocycles. The number of hydrogen-bond donors (Lipinski definition) is 1. The van der Waals surface area contributed by atoms with E-state index in [0.29, 0.717) is 6.04 Å². The number of benzene rings is 1. The van der Waals surface area contributed by atoms with E-state index in [0.717, 1.165) is 35.3 Å². The summed E-state index contributed by atoms with van der Waals surface area (Å²) in [4.78, 5) is 6.86. The van der Waals surface area contributed by atoms with Gasteiger partial charge in [0.15, 0.2) is 0 Å². The van der Waals surface area contributed by atoms with Crippen molar-refractivity contribution < 1.29 is 5.11 Å². The normalized spacial score (nSPS) is 32.0. The number of pyridine rings is 1. The molecule has 3 heteroatoms. The molecule has 3 aliphatic rings. The van der Waals surface area contributed by atoms with Crippen LogP contribution in [0, 0.1) is 5.92 Å². The van der Waals surface area contributed by atoms with Gasteiger partial charge in [0.1, 0.15) is 0 Å². The standard InChI is InChI=1S/C19H22N2O/c1-2-14-11-13-8-10-21(14)18(12-13)19(22)16-7-9-20-17-6-4-3-5-15(16)17/h2-7,9,13-14,18-19,22H,1,8,10-12H2/t13-,14?,18?,19-/m1/s1. The lowest BCUT2D eigenvalue weighted by atomic mass is 9.76. The van der Waals surface area contributed by atoms with Crippen LogP contribution in [0.1, 0.15) is 30.9 Å². The first-order valence-electron chi connectivity index (χ1n) is 8.18. The van der Waals surface area contributed by atoms with Crippen LogP contribution < -0.4 is 0 Å². The van der Waals surface area contributed by atoms with Gasteiger partial charge in [0, 0.05) is 23.7 Å². The molecule has 0 saturated carbocycles. The Labute approximate surface area is 131 Å². The lowest BCUT2D eigenvalue weighted by Gasteiger charge is -2.51. The predicted octanol–water partition coefficient (Wildman–Crippen LogP) is 3.31. The van der Waals surface area contributed by atoms with E-state index in [9.17, 15) is 5.11 Å². The molecule has 3 aliphatic heterocycles. The van der Waals surface area contributed by atoms with Gasteiger partial charge in [-0.2, -0.15) is 0 Å². The third-order valence-electron chi connectivity index (χ3n) is 5.44. The van der Waals surface area contributed by atoms with Gasteiger partial charge >= 0.3 is 0 Å². The maximum Gasteiger partial charge on any atom is 0.0952 e. The van der Waals surface area contributed by atoms with Crippen molar-refractivity contribution >= 4 is 10.9 Å². The Balaban J connectivity index is 1.71.